The molecular formula is C11H15Cl2N3O. The van der Waals surface area contributed by atoms with Gasteiger partial charge in [0.1, 0.15) is 5.15 Å². The number of likely N-dealkylation sites (tertiary alicyclic amines) is 1. The van der Waals surface area contributed by atoms with Crippen molar-refractivity contribution in [2.45, 2.75) is 25.4 Å². The van der Waals surface area contributed by atoms with E-state index in [4.69, 9.17) is 27.9 Å². The Labute approximate surface area is 111 Å². The molecule has 1 unspecified atom stereocenters. The maximum atomic E-state index is 6.04. The molecule has 1 fully saturated rings. The van der Waals surface area contributed by atoms with Crippen molar-refractivity contribution in [2.24, 2.45) is 0 Å². The third-order valence-electron chi connectivity index (χ3n) is 3.01. The van der Waals surface area contributed by atoms with Crippen LogP contribution in [0.25, 0.3) is 0 Å². The molecule has 2 rings (SSSR count). The minimum absolute atomic E-state index is 0.189. The molecule has 94 valence electrons. The van der Waals surface area contributed by atoms with Gasteiger partial charge in [0.2, 0.25) is 5.28 Å². The van der Waals surface area contributed by atoms with Crippen molar-refractivity contribution < 1.29 is 4.74 Å². The van der Waals surface area contributed by atoms with Gasteiger partial charge in [-0.3, -0.25) is 4.90 Å². The molecule has 1 aromatic heterocycles. The number of rotatable bonds is 4. The number of hydrogen-bond acceptors (Lipinski definition) is 4. The molecule has 4 nitrogen and oxygen atoms in total. The SMILES string of the molecule is COCC1CCCN1Cc1cnc(Cl)nc1Cl. The molecule has 1 atom stereocenters. The van der Waals surface area contributed by atoms with Gasteiger partial charge in [0.05, 0.1) is 6.61 Å². The third-order valence-corrected chi connectivity index (χ3v) is 3.52. The highest BCUT2D eigenvalue weighted by molar-refractivity contribution is 6.32. The second kappa shape index (κ2) is 5.96. The molecule has 1 aromatic rings. The maximum absolute atomic E-state index is 6.04. The molecule has 0 radical (unpaired) electrons. The largest absolute Gasteiger partial charge is 0.383 e. The zero-order valence-corrected chi connectivity index (χ0v) is 11.2. The zero-order chi connectivity index (χ0) is 12.3. The summed E-state index contributed by atoms with van der Waals surface area (Å²) in [4.78, 5) is 10.3. The molecule has 1 aliphatic heterocycles. The lowest BCUT2D eigenvalue weighted by Crippen LogP contribution is -2.32. The molecule has 0 spiro atoms. The van der Waals surface area contributed by atoms with Crippen LogP contribution in [0.2, 0.25) is 10.4 Å². The van der Waals surface area contributed by atoms with E-state index in [-0.39, 0.29) is 5.28 Å². The van der Waals surface area contributed by atoms with Crippen LogP contribution in [0.15, 0.2) is 6.20 Å². The molecule has 1 saturated heterocycles. The summed E-state index contributed by atoms with van der Waals surface area (Å²) >= 11 is 11.7. The predicted octanol–water partition coefficient (Wildman–Crippen LogP) is 2.39. The smallest absolute Gasteiger partial charge is 0.223 e. The van der Waals surface area contributed by atoms with Gasteiger partial charge >= 0.3 is 0 Å². The van der Waals surface area contributed by atoms with E-state index < -0.39 is 0 Å². The van der Waals surface area contributed by atoms with Gasteiger partial charge in [-0.15, -0.1) is 0 Å². The summed E-state index contributed by atoms with van der Waals surface area (Å²) in [5.74, 6) is 0. The van der Waals surface area contributed by atoms with E-state index >= 15 is 0 Å². The Hall–Kier alpha value is -0.420. The van der Waals surface area contributed by atoms with E-state index in [1.165, 1.54) is 12.8 Å². The standard InChI is InChI=1S/C11H15Cl2N3O/c1-17-7-9-3-2-4-16(9)6-8-5-14-11(13)15-10(8)12/h5,9H,2-4,6-7H2,1H3. The van der Waals surface area contributed by atoms with Crippen molar-refractivity contribution in [1.29, 1.82) is 0 Å². The topological polar surface area (TPSA) is 38.2 Å². The Balaban J connectivity index is 2.04. The van der Waals surface area contributed by atoms with Crippen molar-refractivity contribution in [3.8, 4) is 0 Å². The van der Waals surface area contributed by atoms with Gasteiger partial charge in [-0.1, -0.05) is 11.6 Å². The first-order valence-electron chi connectivity index (χ1n) is 5.60. The fourth-order valence-electron chi connectivity index (χ4n) is 2.18. The lowest BCUT2D eigenvalue weighted by Gasteiger charge is -2.23. The van der Waals surface area contributed by atoms with E-state index in [2.05, 4.69) is 14.9 Å². The second-order valence-electron chi connectivity index (χ2n) is 4.18. The molecule has 2 heterocycles. The van der Waals surface area contributed by atoms with E-state index in [0.717, 1.165) is 25.3 Å². The maximum Gasteiger partial charge on any atom is 0.223 e. The van der Waals surface area contributed by atoms with E-state index in [0.29, 0.717) is 11.2 Å². The van der Waals surface area contributed by atoms with Crippen molar-refractivity contribution in [1.82, 2.24) is 14.9 Å². The number of aromatic nitrogens is 2. The second-order valence-corrected chi connectivity index (χ2v) is 4.87. The van der Waals surface area contributed by atoms with Gasteiger partial charge in [-0.2, -0.15) is 0 Å². The van der Waals surface area contributed by atoms with E-state index in [9.17, 15) is 0 Å². The van der Waals surface area contributed by atoms with Gasteiger partial charge in [0.25, 0.3) is 0 Å². The highest BCUT2D eigenvalue weighted by Crippen LogP contribution is 2.23. The normalized spacial score (nSPS) is 21.0. The Morgan fingerprint density at radius 2 is 2.35 bits per heavy atom. The Morgan fingerprint density at radius 3 is 3.06 bits per heavy atom. The Morgan fingerprint density at radius 1 is 1.53 bits per heavy atom. The molecule has 0 amide bonds. The summed E-state index contributed by atoms with van der Waals surface area (Å²) in [7, 11) is 1.73. The molecule has 0 saturated carbocycles. The van der Waals surface area contributed by atoms with Gasteiger partial charge < -0.3 is 4.74 Å². The summed E-state index contributed by atoms with van der Waals surface area (Å²) in [6, 6.07) is 0.465. The van der Waals surface area contributed by atoms with Gasteiger partial charge in [0, 0.05) is 31.5 Å². The number of nitrogens with zero attached hydrogens (tertiary/aromatic N) is 3. The fourth-order valence-corrected chi connectivity index (χ4v) is 2.54. The molecule has 6 heteroatoms. The predicted molar refractivity (Wildman–Crippen MR) is 67.4 cm³/mol. The average molecular weight is 276 g/mol. The molecule has 0 aromatic carbocycles. The van der Waals surface area contributed by atoms with Crippen molar-refractivity contribution in [2.75, 3.05) is 20.3 Å². The van der Waals surface area contributed by atoms with Crippen LogP contribution in [0.4, 0.5) is 0 Å². The van der Waals surface area contributed by atoms with Crippen LogP contribution in [0.5, 0.6) is 0 Å². The van der Waals surface area contributed by atoms with Crippen molar-refractivity contribution in [3.05, 3.63) is 22.2 Å². The molecule has 1 aliphatic rings. The average Bonchev–Trinajstić information content (AvgIpc) is 2.71. The minimum atomic E-state index is 0.189. The first kappa shape index (κ1) is 13.0. The molecule has 0 bridgehead atoms. The van der Waals surface area contributed by atoms with Crippen molar-refractivity contribution >= 4 is 23.2 Å². The van der Waals surface area contributed by atoms with Crippen LogP contribution in [-0.2, 0) is 11.3 Å². The van der Waals surface area contributed by atoms with Crippen LogP contribution in [-0.4, -0.2) is 41.2 Å². The molecule has 17 heavy (non-hydrogen) atoms. The first-order valence-corrected chi connectivity index (χ1v) is 6.36. The van der Waals surface area contributed by atoms with Crippen LogP contribution in [0.1, 0.15) is 18.4 Å². The van der Waals surface area contributed by atoms with Crippen LogP contribution in [0.3, 0.4) is 0 Å². The Kier molecular flexibility index (Phi) is 4.56. The summed E-state index contributed by atoms with van der Waals surface area (Å²) in [6.45, 7) is 2.57. The van der Waals surface area contributed by atoms with Gasteiger partial charge in [0.15, 0.2) is 0 Å². The highest BCUT2D eigenvalue weighted by atomic mass is 35.5. The number of halogens is 2. The fraction of sp³-hybridized carbons (Fsp3) is 0.636. The van der Waals surface area contributed by atoms with Crippen LogP contribution >= 0.6 is 23.2 Å². The molecule has 0 N–H and O–H groups in total. The van der Waals surface area contributed by atoms with Crippen LogP contribution < -0.4 is 0 Å². The summed E-state index contributed by atoms with van der Waals surface area (Å²) < 4.78 is 5.22. The molecule has 0 aliphatic carbocycles. The number of methoxy groups -OCH3 is 1. The lowest BCUT2D eigenvalue weighted by molar-refractivity contribution is 0.112. The summed E-state index contributed by atoms with van der Waals surface area (Å²) in [5, 5.41) is 0.627. The number of ether oxygens (including phenoxy) is 1. The monoisotopic (exact) mass is 275 g/mol. The minimum Gasteiger partial charge on any atom is -0.383 e. The summed E-state index contributed by atoms with van der Waals surface area (Å²) in [5.41, 5.74) is 0.916. The van der Waals surface area contributed by atoms with Gasteiger partial charge in [-0.25, -0.2) is 9.97 Å². The zero-order valence-electron chi connectivity index (χ0n) is 9.70. The van der Waals surface area contributed by atoms with Crippen LogP contribution in [0, 0.1) is 0 Å². The third kappa shape index (κ3) is 3.28. The van der Waals surface area contributed by atoms with Crippen molar-refractivity contribution in [3.63, 3.8) is 0 Å². The highest BCUT2D eigenvalue weighted by Gasteiger charge is 2.25. The van der Waals surface area contributed by atoms with E-state index in [1.807, 2.05) is 0 Å². The quantitative estimate of drug-likeness (QED) is 0.625. The molecular weight excluding hydrogens is 261 g/mol. The van der Waals surface area contributed by atoms with Gasteiger partial charge in [-0.05, 0) is 31.0 Å². The number of hydrogen-bond donors (Lipinski definition) is 0. The summed E-state index contributed by atoms with van der Waals surface area (Å²) in [6.07, 6.45) is 4.06. The first-order chi connectivity index (χ1) is 8.20. The lowest BCUT2D eigenvalue weighted by atomic mass is 10.2. The Bertz CT molecular complexity index is 389. The van der Waals surface area contributed by atoms with E-state index in [1.54, 1.807) is 13.3 Å².